The molecule has 0 aliphatic heterocycles. The van der Waals surface area contributed by atoms with Gasteiger partial charge in [-0.15, -0.1) is 0 Å². The zero-order valence-corrected chi connectivity index (χ0v) is 20.6. The fraction of sp³-hybridized carbons (Fsp3) is 0.391. The van der Waals surface area contributed by atoms with Crippen molar-refractivity contribution in [3.05, 3.63) is 75.8 Å². The molecular formula is C23H30N4O7S. The third-order valence-corrected chi connectivity index (χ3v) is 5.94. The van der Waals surface area contributed by atoms with Crippen molar-refractivity contribution in [3.8, 4) is 0 Å². The van der Waals surface area contributed by atoms with Crippen molar-refractivity contribution in [3.63, 3.8) is 0 Å². The van der Waals surface area contributed by atoms with Gasteiger partial charge in [0, 0.05) is 18.7 Å². The average Bonchev–Trinajstić information content (AvgIpc) is 2.78. The Morgan fingerprint density at radius 1 is 1.00 bits per heavy atom. The SMILES string of the molecule is CC(C)(C)OC[C@@H](NS(=O)(=O)Cc1ccccc1)C(=O)NCC(=O)NCc1ccc([N+](=O)[O-])cc1. The van der Waals surface area contributed by atoms with Crippen LogP contribution >= 0.6 is 0 Å². The predicted octanol–water partition coefficient (Wildman–Crippen LogP) is 1.63. The van der Waals surface area contributed by atoms with Gasteiger partial charge in [0.2, 0.25) is 21.8 Å². The van der Waals surface area contributed by atoms with Crippen LogP contribution in [-0.2, 0) is 36.6 Å². The highest BCUT2D eigenvalue weighted by molar-refractivity contribution is 7.88. The molecule has 0 saturated carbocycles. The molecule has 0 spiro atoms. The van der Waals surface area contributed by atoms with Gasteiger partial charge in [-0.25, -0.2) is 13.1 Å². The summed E-state index contributed by atoms with van der Waals surface area (Å²) in [6, 6.07) is 12.9. The van der Waals surface area contributed by atoms with Crippen LogP contribution in [0, 0.1) is 10.1 Å². The number of nitrogens with one attached hydrogen (secondary N) is 3. The second-order valence-corrected chi connectivity index (χ2v) is 10.5. The Hall–Kier alpha value is -3.35. The molecule has 1 atom stereocenters. The van der Waals surface area contributed by atoms with Gasteiger partial charge in [0.15, 0.2) is 0 Å². The molecule has 2 aromatic rings. The van der Waals surface area contributed by atoms with E-state index in [-0.39, 0.29) is 24.6 Å². The molecule has 11 nitrogen and oxygen atoms in total. The average molecular weight is 507 g/mol. The standard InChI is InChI=1S/C23H30N4O7S/c1-23(2,3)34-15-20(26-35(32,33)16-18-7-5-4-6-8-18)22(29)25-14-21(28)24-13-17-9-11-19(12-10-17)27(30)31/h4-12,20,26H,13-16H2,1-3H3,(H,24,28)(H,25,29)/t20-/m1/s1. The van der Waals surface area contributed by atoms with Crippen LogP contribution in [0.4, 0.5) is 5.69 Å². The lowest BCUT2D eigenvalue weighted by atomic mass is 10.2. The van der Waals surface area contributed by atoms with E-state index in [1.165, 1.54) is 24.3 Å². The van der Waals surface area contributed by atoms with Gasteiger partial charge in [-0.3, -0.25) is 19.7 Å². The van der Waals surface area contributed by atoms with Crippen molar-refractivity contribution in [2.75, 3.05) is 13.2 Å². The molecule has 0 aliphatic carbocycles. The Kier molecular flexibility index (Phi) is 9.87. The molecule has 12 heteroatoms. The summed E-state index contributed by atoms with van der Waals surface area (Å²) in [6.45, 7) is 4.79. The Balaban J connectivity index is 1.94. The van der Waals surface area contributed by atoms with Gasteiger partial charge >= 0.3 is 0 Å². The Labute approximate surface area is 204 Å². The van der Waals surface area contributed by atoms with E-state index in [0.29, 0.717) is 11.1 Å². The third kappa shape index (κ3) is 10.6. The minimum atomic E-state index is -3.88. The van der Waals surface area contributed by atoms with E-state index in [9.17, 15) is 28.1 Å². The lowest BCUT2D eigenvalue weighted by Gasteiger charge is -2.24. The van der Waals surface area contributed by atoms with Gasteiger partial charge in [0.05, 0.1) is 29.4 Å². The van der Waals surface area contributed by atoms with Crippen LogP contribution in [-0.4, -0.2) is 49.9 Å². The van der Waals surface area contributed by atoms with Crippen LogP contribution in [0.15, 0.2) is 54.6 Å². The molecule has 0 heterocycles. The second-order valence-electron chi connectivity index (χ2n) is 8.76. The predicted molar refractivity (Wildman–Crippen MR) is 130 cm³/mol. The highest BCUT2D eigenvalue weighted by Gasteiger charge is 2.27. The number of carbonyl (C=O) groups excluding carboxylic acids is 2. The maximum absolute atomic E-state index is 12.7. The van der Waals surface area contributed by atoms with Gasteiger partial charge in [-0.1, -0.05) is 42.5 Å². The van der Waals surface area contributed by atoms with Gasteiger partial charge in [0.25, 0.3) is 5.69 Å². The van der Waals surface area contributed by atoms with E-state index in [1.54, 1.807) is 51.1 Å². The van der Waals surface area contributed by atoms with Crippen LogP contribution in [0.1, 0.15) is 31.9 Å². The number of rotatable bonds is 12. The number of nitrogens with zero attached hydrogens (tertiary/aromatic N) is 1. The van der Waals surface area contributed by atoms with Crippen LogP contribution in [0.2, 0.25) is 0 Å². The van der Waals surface area contributed by atoms with Gasteiger partial charge in [0.1, 0.15) is 6.04 Å². The maximum atomic E-state index is 12.7. The first-order valence-electron chi connectivity index (χ1n) is 10.8. The maximum Gasteiger partial charge on any atom is 0.269 e. The van der Waals surface area contributed by atoms with Crippen LogP contribution in [0.5, 0.6) is 0 Å². The molecule has 0 unspecified atom stereocenters. The van der Waals surface area contributed by atoms with Crippen LogP contribution < -0.4 is 15.4 Å². The van der Waals surface area contributed by atoms with Crippen LogP contribution in [0.3, 0.4) is 0 Å². The Morgan fingerprint density at radius 2 is 1.63 bits per heavy atom. The van der Waals surface area contributed by atoms with E-state index >= 15 is 0 Å². The van der Waals surface area contributed by atoms with Crippen molar-refractivity contribution < 1.29 is 27.7 Å². The molecule has 0 bridgehead atoms. The number of nitro groups is 1. The quantitative estimate of drug-likeness (QED) is 0.292. The number of benzene rings is 2. The molecular weight excluding hydrogens is 476 g/mol. The first-order chi connectivity index (χ1) is 16.3. The molecule has 0 aliphatic rings. The first-order valence-corrected chi connectivity index (χ1v) is 12.5. The van der Waals surface area contributed by atoms with Gasteiger partial charge < -0.3 is 15.4 Å². The Morgan fingerprint density at radius 3 is 2.20 bits per heavy atom. The van der Waals surface area contributed by atoms with Crippen molar-refractivity contribution in [1.82, 2.24) is 15.4 Å². The van der Waals surface area contributed by atoms with E-state index in [1.807, 2.05) is 0 Å². The number of hydrogen-bond donors (Lipinski definition) is 3. The zero-order valence-electron chi connectivity index (χ0n) is 19.8. The fourth-order valence-corrected chi connectivity index (χ4v) is 4.16. The first kappa shape index (κ1) is 27.9. The van der Waals surface area contributed by atoms with Gasteiger partial charge in [-0.05, 0) is 31.9 Å². The minimum Gasteiger partial charge on any atom is -0.374 e. The molecule has 2 amide bonds. The lowest BCUT2D eigenvalue weighted by molar-refractivity contribution is -0.384. The smallest absolute Gasteiger partial charge is 0.269 e. The van der Waals surface area contributed by atoms with E-state index in [4.69, 9.17) is 4.74 Å². The summed E-state index contributed by atoms with van der Waals surface area (Å²) in [5, 5.41) is 15.7. The minimum absolute atomic E-state index is 0.0643. The van der Waals surface area contributed by atoms with Crippen molar-refractivity contribution >= 4 is 27.5 Å². The zero-order chi connectivity index (χ0) is 26.1. The third-order valence-electron chi connectivity index (χ3n) is 4.58. The number of sulfonamides is 1. The molecule has 0 radical (unpaired) electrons. The van der Waals surface area contributed by atoms with E-state index in [0.717, 1.165) is 0 Å². The van der Waals surface area contributed by atoms with Crippen molar-refractivity contribution in [2.24, 2.45) is 0 Å². The molecule has 35 heavy (non-hydrogen) atoms. The topological polar surface area (TPSA) is 157 Å². The largest absolute Gasteiger partial charge is 0.374 e. The molecule has 0 aromatic heterocycles. The summed E-state index contributed by atoms with van der Waals surface area (Å²) in [5.74, 6) is -1.54. The summed E-state index contributed by atoms with van der Waals surface area (Å²) in [4.78, 5) is 35.1. The molecule has 3 N–H and O–H groups in total. The number of ether oxygens (including phenoxy) is 1. The Bertz CT molecular complexity index is 1110. The number of amides is 2. The molecule has 0 fully saturated rings. The molecule has 2 rings (SSSR count). The molecule has 2 aromatic carbocycles. The molecule has 190 valence electrons. The number of carbonyl (C=O) groups is 2. The monoisotopic (exact) mass is 506 g/mol. The number of nitro benzene ring substituents is 1. The van der Waals surface area contributed by atoms with E-state index < -0.39 is 44.9 Å². The summed E-state index contributed by atoms with van der Waals surface area (Å²) >= 11 is 0. The lowest BCUT2D eigenvalue weighted by Crippen LogP contribution is -2.52. The van der Waals surface area contributed by atoms with Gasteiger partial charge in [-0.2, -0.15) is 0 Å². The highest BCUT2D eigenvalue weighted by Crippen LogP contribution is 2.12. The normalized spacial score (nSPS) is 12.5. The summed E-state index contributed by atoms with van der Waals surface area (Å²) < 4.78 is 33.2. The number of hydrogen-bond acceptors (Lipinski definition) is 7. The summed E-state index contributed by atoms with van der Waals surface area (Å²) in [5.41, 5.74) is 0.512. The summed E-state index contributed by atoms with van der Waals surface area (Å²) in [7, 11) is -3.88. The van der Waals surface area contributed by atoms with Crippen molar-refractivity contribution in [1.29, 1.82) is 0 Å². The second kappa shape index (κ2) is 12.4. The van der Waals surface area contributed by atoms with Crippen LogP contribution in [0.25, 0.3) is 0 Å². The summed E-state index contributed by atoms with van der Waals surface area (Å²) in [6.07, 6.45) is 0. The molecule has 0 saturated heterocycles. The number of non-ortho nitro benzene ring substituents is 1. The highest BCUT2D eigenvalue weighted by atomic mass is 32.2. The van der Waals surface area contributed by atoms with E-state index in [2.05, 4.69) is 15.4 Å². The van der Waals surface area contributed by atoms with Crippen molar-refractivity contribution in [2.45, 2.75) is 44.7 Å². The fourth-order valence-electron chi connectivity index (χ4n) is 2.84.